The van der Waals surface area contributed by atoms with Gasteiger partial charge in [-0.1, -0.05) is 11.6 Å². The van der Waals surface area contributed by atoms with E-state index < -0.39 is 0 Å². The van der Waals surface area contributed by atoms with Crippen LogP contribution in [0.3, 0.4) is 0 Å². The molecule has 1 aromatic rings. The van der Waals surface area contributed by atoms with E-state index in [0.717, 1.165) is 0 Å². The minimum absolute atomic E-state index is 0.219. The quantitative estimate of drug-likeness (QED) is 0.774. The molecule has 3 N–H and O–H groups in total. The number of halogens is 2. The normalized spacial score (nSPS) is 10.0. The highest BCUT2D eigenvalue weighted by molar-refractivity contribution is 9.10. The molecule has 0 radical (unpaired) electrons. The Labute approximate surface area is 95.7 Å². The monoisotopic (exact) mass is 276 g/mol. The van der Waals surface area contributed by atoms with Crippen molar-refractivity contribution in [2.24, 2.45) is 0 Å². The summed E-state index contributed by atoms with van der Waals surface area (Å²) >= 11 is 9.21. The van der Waals surface area contributed by atoms with Gasteiger partial charge in [0.05, 0.1) is 10.6 Å². The second-order valence-electron chi connectivity index (χ2n) is 2.84. The molecular formula is C9H10BrClN2O. The van der Waals surface area contributed by atoms with Gasteiger partial charge in [-0.05, 0) is 34.5 Å². The lowest BCUT2D eigenvalue weighted by Gasteiger charge is -2.10. The summed E-state index contributed by atoms with van der Waals surface area (Å²) in [4.78, 5) is 11.4. The van der Waals surface area contributed by atoms with Crippen LogP contribution in [0.1, 0.15) is 15.9 Å². The fourth-order valence-electron chi connectivity index (χ4n) is 1.09. The summed E-state index contributed by atoms with van der Waals surface area (Å²) in [6, 6.07) is 1.61. The fraction of sp³-hybridized carbons (Fsp3) is 0.222. The van der Waals surface area contributed by atoms with Crippen LogP contribution in [0.15, 0.2) is 10.5 Å². The molecule has 5 heteroatoms. The van der Waals surface area contributed by atoms with Crippen LogP contribution in [0, 0.1) is 6.92 Å². The van der Waals surface area contributed by atoms with E-state index in [0.29, 0.717) is 26.3 Å². The van der Waals surface area contributed by atoms with Crippen molar-refractivity contribution in [1.29, 1.82) is 0 Å². The standard InChI is InChI=1S/C9H10BrClN2O/c1-4-7(11)6(10)3-5(8(4)12)9(14)13-2/h3H,12H2,1-2H3,(H,13,14). The molecule has 1 aromatic carbocycles. The largest absolute Gasteiger partial charge is 0.398 e. The van der Waals surface area contributed by atoms with Crippen molar-refractivity contribution in [3.8, 4) is 0 Å². The first-order valence-corrected chi connectivity index (χ1v) is 5.12. The predicted octanol–water partition coefficient (Wildman–Crippen LogP) is 2.35. The van der Waals surface area contributed by atoms with Crippen LogP contribution in [-0.4, -0.2) is 13.0 Å². The Morgan fingerprint density at radius 3 is 2.71 bits per heavy atom. The summed E-state index contributed by atoms with van der Waals surface area (Å²) in [6.07, 6.45) is 0. The van der Waals surface area contributed by atoms with E-state index in [2.05, 4.69) is 21.2 Å². The number of anilines is 1. The number of hydrogen-bond acceptors (Lipinski definition) is 2. The zero-order chi connectivity index (χ0) is 10.9. The Morgan fingerprint density at radius 2 is 2.21 bits per heavy atom. The molecule has 14 heavy (non-hydrogen) atoms. The molecule has 0 aliphatic heterocycles. The summed E-state index contributed by atoms with van der Waals surface area (Å²) in [6.45, 7) is 1.77. The topological polar surface area (TPSA) is 55.1 Å². The maximum Gasteiger partial charge on any atom is 0.253 e. The van der Waals surface area contributed by atoms with Gasteiger partial charge in [-0.15, -0.1) is 0 Å². The average molecular weight is 278 g/mol. The van der Waals surface area contributed by atoms with Crippen molar-refractivity contribution in [3.63, 3.8) is 0 Å². The molecule has 0 bridgehead atoms. The molecule has 0 aliphatic carbocycles. The average Bonchev–Trinajstić information content (AvgIpc) is 2.19. The van der Waals surface area contributed by atoms with Crippen LogP contribution >= 0.6 is 27.5 Å². The van der Waals surface area contributed by atoms with Crippen LogP contribution in [0.2, 0.25) is 5.02 Å². The lowest BCUT2D eigenvalue weighted by Crippen LogP contribution is -2.19. The predicted molar refractivity (Wildman–Crippen MR) is 61.7 cm³/mol. The minimum atomic E-state index is -0.219. The molecule has 0 aliphatic rings. The van der Waals surface area contributed by atoms with Gasteiger partial charge in [-0.3, -0.25) is 4.79 Å². The number of amides is 1. The van der Waals surface area contributed by atoms with E-state index in [1.54, 1.807) is 20.0 Å². The molecule has 0 aromatic heterocycles. The summed E-state index contributed by atoms with van der Waals surface area (Å²) < 4.78 is 0.671. The molecule has 0 spiro atoms. The molecule has 0 unspecified atom stereocenters. The SMILES string of the molecule is CNC(=O)c1cc(Br)c(Cl)c(C)c1N. The molecule has 76 valence electrons. The van der Waals surface area contributed by atoms with E-state index >= 15 is 0 Å². The highest BCUT2D eigenvalue weighted by Gasteiger charge is 2.14. The lowest BCUT2D eigenvalue weighted by molar-refractivity contribution is 0.0964. The van der Waals surface area contributed by atoms with Crippen molar-refractivity contribution in [2.45, 2.75) is 6.92 Å². The van der Waals surface area contributed by atoms with E-state index in [1.807, 2.05) is 0 Å². The van der Waals surface area contributed by atoms with Gasteiger partial charge in [-0.2, -0.15) is 0 Å². The maximum absolute atomic E-state index is 11.4. The zero-order valence-corrected chi connectivity index (χ0v) is 10.2. The van der Waals surface area contributed by atoms with Crippen molar-refractivity contribution in [2.75, 3.05) is 12.8 Å². The smallest absolute Gasteiger partial charge is 0.253 e. The third-order valence-electron chi connectivity index (χ3n) is 1.98. The Balaban J connectivity index is 3.40. The van der Waals surface area contributed by atoms with E-state index in [-0.39, 0.29) is 5.91 Å². The fourth-order valence-corrected chi connectivity index (χ4v) is 1.77. The van der Waals surface area contributed by atoms with Crippen molar-refractivity contribution in [1.82, 2.24) is 5.32 Å². The molecule has 0 saturated carbocycles. The van der Waals surface area contributed by atoms with Gasteiger partial charge in [0.1, 0.15) is 0 Å². The first kappa shape index (κ1) is 11.3. The molecule has 1 amide bonds. The number of nitrogens with two attached hydrogens (primary N) is 1. The number of benzene rings is 1. The Hall–Kier alpha value is -0.740. The molecule has 0 saturated heterocycles. The van der Waals surface area contributed by atoms with Gasteiger partial charge in [0.2, 0.25) is 0 Å². The zero-order valence-electron chi connectivity index (χ0n) is 7.82. The van der Waals surface area contributed by atoms with Crippen LogP contribution in [0.5, 0.6) is 0 Å². The molecule has 0 fully saturated rings. The van der Waals surface area contributed by atoms with E-state index in [4.69, 9.17) is 17.3 Å². The number of nitrogens with one attached hydrogen (secondary N) is 1. The van der Waals surface area contributed by atoms with E-state index in [1.165, 1.54) is 0 Å². The molecule has 0 atom stereocenters. The molecule has 1 rings (SSSR count). The Kier molecular flexibility index (Phi) is 3.39. The molecular weight excluding hydrogens is 267 g/mol. The second-order valence-corrected chi connectivity index (χ2v) is 4.07. The summed E-state index contributed by atoms with van der Waals surface area (Å²) in [5, 5.41) is 3.05. The highest BCUT2D eigenvalue weighted by atomic mass is 79.9. The lowest BCUT2D eigenvalue weighted by atomic mass is 10.1. The minimum Gasteiger partial charge on any atom is -0.398 e. The number of rotatable bonds is 1. The molecule has 3 nitrogen and oxygen atoms in total. The summed E-state index contributed by atoms with van der Waals surface area (Å²) in [5.74, 6) is -0.219. The third kappa shape index (κ3) is 1.86. The number of carbonyl (C=O) groups excluding carboxylic acids is 1. The Morgan fingerprint density at radius 1 is 1.64 bits per heavy atom. The van der Waals surface area contributed by atoms with Crippen LogP contribution in [-0.2, 0) is 0 Å². The summed E-state index contributed by atoms with van der Waals surface area (Å²) in [7, 11) is 1.56. The third-order valence-corrected chi connectivity index (χ3v) is 3.32. The number of hydrogen-bond donors (Lipinski definition) is 2. The van der Waals surface area contributed by atoms with Crippen molar-refractivity contribution >= 4 is 39.1 Å². The van der Waals surface area contributed by atoms with Gasteiger partial charge >= 0.3 is 0 Å². The van der Waals surface area contributed by atoms with Crippen molar-refractivity contribution in [3.05, 3.63) is 26.7 Å². The number of carbonyl (C=O) groups is 1. The molecule has 0 heterocycles. The van der Waals surface area contributed by atoms with E-state index in [9.17, 15) is 4.79 Å². The van der Waals surface area contributed by atoms with Gasteiger partial charge in [0.25, 0.3) is 5.91 Å². The first-order valence-electron chi connectivity index (χ1n) is 3.95. The van der Waals surface area contributed by atoms with Gasteiger partial charge < -0.3 is 11.1 Å². The maximum atomic E-state index is 11.4. The van der Waals surface area contributed by atoms with Crippen molar-refractivity contribution < 1.29 is 4.79 Å². The van der Waals surface area contributed by atoms with Crippen LogP contribution < -0.4 is 11.1 Å². The first-order chi connectivity index (χ1) is 6.49. The van der Waals surface area contributed by atoms with Gasteiger partial charge in [-0.25, -0.2) is 0 Å². The van der Waals surface area contributed by atoms with Gasteiger partial charge in [0, 0.05) is 17.2 Å². The Bertz CT molecular complexity index is 393. The van der Waals surface area contributed by atoms with Gasteiger partial charge in [0.15, 0.2) is 0 Å². The number of nitrogen functional groups attached to an aromatic ring is 1. The summed E-state index contributed by atoms with van der Waals surface area (Å²) in [5.41, 5.74) is 7.32. The van der Waals surface area contributed by atoms with Crippen LogP contribution in [0.4, 0.5) is 5.69 Å². The van der Waals surface area contributed by atoms with Crippen LogP contribution in [0.25, 0.3) is 0 Å². The highest BCUT2D eigenvalue weighted by Crippen LogP contribution is 2.32. The second kappa shape index (κ2) is 4.19.